The van der Waals surface area contributed by atoms with Gasteiger partial charge in [-0.15, -0.1) is 0 Å². The lowest BCUT2D eigenvalue weighted by Crippen LogP contribution is -2.28. The first-order valence-electron chi connectivity index (χ1n) is 6.53. The molecule has 1 heterocycles. The quantitative estimate of drug-likeness (QED) is 0.862. The fourth-order valence-electron chi connectivity index (χ4n) is 1.85. The zero-order valence-corrected chi connectivity index (χ0v) is 12.3. The summed E-state index contributed by atoms with van der Waals surface area (Å²) in [5.41, 5.74) is 0.860. The standard InChI is InChI=1S/C15H16FNO3S/c1-2-20-14-11(4-3-5-12(14)16)15(19)17-8-13(18)10-6-7-21-9-10/h3-7,9,13,18H,2,8H2,1H3,(H,17,19). The molecule has 1 aromatic carbocycles. The van der Waals surface area contributed by atoms with Gasteiger partial charge in [-0.1, -0.05) is 6.07 Å². The average Bonchev–Trinajstić information content (AvgIpc) is 3.01. The van der Waals surface area contributed by atoms with Crippen molar-refractivity contribution in [3.05, 3.63) is 52.0 Å². The van der Waals surface area contributed by atoms with Crippen LogP contribution in [0.3, 0.4) is 0 Å². The van der Waals surface area contributed by atoms with E-state index in [4.69, 9.17) is 4.74 Å². The van der Waals surface area contributed by atoms with Crippen LogP contribution >= 0.6 is 11.3 Å². The number of para-hydroxylation sites is 1. The Morgan fingerprint density at radius 3 is 2.95 bits per heavy atom. The molecule has 112 valence electrons. The summed E-state index contributed by atoms with van der Waals surface area (Å²) >= 11 is 1.47. The van der Waals surface area contributed by atoms with Crippen LogP contribution < -0.4 is 10.1 Å². The van der Waals surface area contributed by atoms with Crippen LogP contribution in [0.25, 0.3) is 0 Å². The highest BCUT2D eigenvalue weighted by Gasteiger charge is 2.17. The smallest absolute Gasteiger partial charge is 0.255 e. The average molecular weight is 309 g/mol. The highest BCUT2D eigenvalue weighted by molar-refractivity contribution is 7.07. The predicted octanol–water partition coefficient (Wildman–Crippen LogP) is 2.75. The van der Waals surface area contributed by atoms with E-state index in [1.165, 1.54) is 29.5 Å². The van der Waals surface area contributed by atoms with Gasteiger partial charge in [0.2, 0.25) is 0 Å². The lowest BCUT2D eigenvalue weighted by molar-refractivity contribution is 0.0912. The highest BCUT2D eigenvalue weighted by Crippen LogP contribution is 2.23. The topological polar surface area (TPSA) is 58.6 Å². The van der Waals surface area contributed by atoms with Gasteiger partial charge in [0.15, 0.2) is 11.6 Å². The number of hydrogen-bond acceptors (Lipinski definition) is 4. The molecule has 0 bridgehead atoms. The first-order valence-corrected chi connectivity index (χ1v) is 7.47. The fraction of sp³-hybridized carbons (Fsp3) is 0.267. The summed E-state index contributed by atoms with van der Waals surface area (Å²) in [6.07, 6.45) is -0.788. The van der Waals surface area contributed by atoms with E-state index in [1.807, 2.05) is 10.8 Å². The molecule has 2 N–H and O–H groups in total. The Labute approximate surface area is 126 Å². The number of aliphatic hydroxyl groups excluding tert-OH is 1. The van der Waals surface area contributed by atoms with Crippen LogP contribution in [0.5, 0.6) is 5.75 Å². The first kappa shape index (κ1) is 15.5. The van der Waals surface area contributed by atoms with E-state index in [9.17, 15) is 14.3 Å². The van der Waals surface area contributed by atoms with Crippen molar-refractivity contribution in [2.75, 3.05) is 13.2 Å². The normalized spacial score (nSPS) is 12.0. The molecule has 6 heteroatoms. The number of halogens is 1. The maximum atomic E-state index is 13.7. The summed E-state index contributed by atoms with van der Waals surface area (Å²) in [5, 5.41) is 16.2. The first-order chi connectivity index (χ1) is 10.1. The number of hydrogen-bond donors (Lipinski definition) is 2. The van der Waals surface area contributed by atoms with Gasteiger partial charge in [-0.3, -0.25) is 4.79 Å². The molecule has 4 nitrogen and oxygen atoms in total. The molecule has 0 aliphatic rings. The number of benzene rings is 1. The van der Waals surface area contributed by atoms with E-state index in [0.29, 0.717) is 0 Å². The van der Waals surface area contributed by atoms with Gasteiger partial charge >= 0.3 is 0 Å². The van der Waals surface area contributed by atoms with E-state index < -0.39 is 17.8 Å². The Kier molecular flexibility index (Phi) is 5.30. The van der Waals surface area contributed by atoms with Gasteiger partial charge in [-0.05, 0) is 41.4 Å². The van der Waals surface area contributed by atoms with Gasteiger partial charge in [0.25, 0.3) is 5.91 Å². The van der Waals surface area contributed by atoms with Crippen LogP contribution in [-0.4, -0.2) is 24.2 Å². The van der Waals surface area contributed by atoms with Crippen LogP contribution in [0.15, 0.2) is 35.0 Å². The third kappa shape index (κ3) is 3.80. The summed E-state index contributed by atoms with van der Waals surface area (Å²) in [6, 6.07) is 5.96. The van der Waals surface area contributed by atoms with Crippen LogP contribution in [0, 0.1) is 5.82 Å². The molecule has 1 aromatic heterocycles. The minimum atomic E-state index is -0.788. The van der Waals surface area contributed by atoms with E-state index in [2.05, 4.69) is 5.32 Å². The number of nitrogens with one attached hydrogen (secondary N) is 1. The molecule has 21 heavy (non-hydrogen) atoms. The molecule has 1 amide bonds. The third-order valence-electron chi connectivity index (χ3n) is 2.88. The van der Waals surface area contributed by atoms with Crippen molar-refractivity contribution in [3.63, 3.8) is 0 Å². The van der Waals surface area contributed by atoms with Gasteiger partial charge in [0, 0.05) is 6.54 Å². The minimum Gasteiger partial charge on any atom is -0.490 e. The second kappa shape index (κ2) is 7.19. The van der Waals surface area contributed by atoms with Crippen molar-refractivity contribution >= 4 is 17.2 Å². The summed E-state index contributed by atoms with van der Waals surface area (Å²) in [4.78, 5) is 12.1. The Morgan fingerprint density at radius 2 is 2.29 bits per heavy atom. The van der Waals surface area contributed by atoms with Crippen molar-refractivity contribution in [2.45, 2.75) is 13.0 Å². The Hall–Kier alpha value is -1.92. The van der Waals surface area contributed by atoms with Crippen molar-refractivity contribution in [3.8, 4) is 5.75 Å². The molecule has 0 saturated carbocycles. The number of carbonyl (C=O) groups is 1. The number of rotatable bonds is 6. The molecule has 0 aliphatic carbocycles. The molecule has 0 fully saturated rings. The second-order valence-corrected chi connectivity index (χ2v) is 5.11. The third-order valence-corrected chi connectivity index (χ3v) is 3.59. The van der Waals surface area contributed by atoms with Crippen molar-refractivity contribution in [1.82, 2.24) is 5.32 Å². The lowest BCUT2D eigenvalue weighted by atomic mass is 10.1. The summed E-state index contributed by atoms with van der Waals surface area (Å²) < 4.78 is 18.8. The number of carbonyl (C=O) groups excluding carboxylic acids is 1. The number of ether oxygens (including phenoxy) is 1. The van der Waals surface area contributed by atoms with E-state index in [1.54, 1.807) is 13.0 Å². The van der Waals surface area contributed by atoms with Gasteiger partial charge in [-0.2, -0.15) is 11.3 Å². The highest BCUT2D eigenvalue weighted by atomic mass is 32.1. The van der Waals surface area contributed by atoms with Gasteiger partial charge < -0.3 is 15.2 Å². The zero-order chi connectivity index (χ0) is 15.2. The van der Waals surface area contributed by atoms with Crippen LogP contribution in [0.1, 0.15) is 28.9 Å². The van der Waals surface area contributed by atoms with Gasteiger partial charge in [0.05, 0.1) is 18.3 Å². The maximum Gasteiger partial charge on any atom is 0.255 e. The summed E-state index contributed by atoms with van der Waals surface area (Å²) in [7, 11) is 0. The number of aliphatic hydroxyl groups is 1. The molecule has 0 aliphatic heterocycles. The lowest BCUT2D eigenvalue weighted by Gasteiger charge is -2.13. The Balaban J connectivity index is 2.05. The Bertz CT molecular complexity index is 601. The van der Waals surface area contributed by atoms with E-state index >= 15 is 0 Å². The SMILES string of the molecule is CCOc1c(F)cccc1C(=O)NCC(O)c1ccsc1. The van der Waals surface area contributed by atoms with E-state index in [0.717, 1.165) is 5.56 Å². The van der Waals surface area contributed by atoms with Gasteiger partial charge in [-0.25, -0.2) is 4.39 Å². The fourth-order valence-corrected chi connectivity index (χ4v) is 2.55. The summed E-state index contributed by atoms with van der Waals surface area (Å²) in [6.45, 7) is 2.03. The monoisotopic (exact) mass is 309 g/mol. The van der Waals surface area contributed by atoms with Crippen LogP contribution in [0.4, 0.5) is 4.39 Å². The number of amides is 1. The molecule has 0 saturated heterocycles. The molecule has 0 spiro atoms. The van der Waals surface area contributed by atoms with Crippen LogP contribution in [-0.2, 0) is 0 Å². The molecule has 0 radical (unpaired) electrons. The van der Waals surface area contributed by atoms with E-state index in [-0.39, 0.29) is 24.5 Å². The van der Waals surface area contributed by atoms with Crippen molar-refractivity contribution in [2.24, 2.45) is 0 Å². The molecule has 2 aromatic rings. The Morgan fingerprint density at radius 1 is 1.48 bits per heavy atom. The largest absolute Gasteiger partial charge is 0.490 e. The van der Waals surface area contributed by atoms with Crippen molar-refractivity contribution < 1.29 is 19.0 Å². The van der Waals surface area contributed by atoms with Crippen LogP contribution in [0.2, 0.25) is 0 Å². The summed E-state index contributed by atoms with van der Waals surface area (Å²) in [5.74, 6) is -1.13. The molecule has 2 rings (SSSR count). The number of thiophene rings is 1. The van der Waals surface area contributed by atoms with Gasteiger partial charge in [0.1, 0.15) is 0 Å². The molecule has 1 unspecified atom stereocenters. The zero-order valence-electron chi connectivity index (χ0n) is 11.5. The second-order valence-electron chi connectivity index (χ2n) is 4.33. The maximum absolute atomic E-state index is 13.7. The molecular weight excluding hydrogens is 293 g/mol. The van der Waals surface area contributed by atoms with Crippen molar-refractivity contribution in [1.29, 1.82) is 0 Å². The molecule has 1 atom stereocenters. The predicted molar refractivity (Wildman–Crippen MR) is 79.2 cm³/mol. The molecular formula is C15H16FNO3S. The minimum absolute atomic E-state index is 0.0532.